The van der Waals surface area contributed by atoms with Gasteiger partial charge in [0.15, 0.2) is 0 Å². The van der Waals surface area contributed by atoms with Crippen LogP contribution in [0.5, 0.6) is 0 Å². The lowest BCUT2D eigenvalue weighted by Crippen LogP contribution is -2.43. The molecule has 0 saturated carbocycles. The topological polar surface area (TPSA) is 80.8 Å². The highest BCUT2D eigenvalue weighted by Gasteiger charge is 2.28. The van der Waals surface area contributed by atoms with Gasteiger partial charge in [0.05, 0.1) is 35.6 Å². The summed E-state index contributed by atoms with van der Waals surface area (Å²) in [6.45, 7) is 6.16. The second-order valence-corrected chi connectivity index (χ2v) is 8.72. The summed E-state index contributed by atoms with van der Waals surface area (Å²) in [7, 11) is 1.42. The van der Waals surface area contributed by atoms with Gasteiger partial charge in [-0.15, -0.1) is 11.3 Å². The van der Waals surface area contributed by atoms with E-state index in [1.165, 1.54) is 7.11 Å². The number of nitrogens with one attached hydrogen (secondary N) is 1. The Morgan fingerprint density at radius 3 is 2.59 bits per heavy atom. The first-order valence-corrected chi connectivity index (χ1v) is 10.5. The number of amides is 2. The zero-order valence-electron chi connectivity index (χ0n) is 17.1. The van der Waals surface area contributed by atoms with Crippen LogP contribution in [0, 0.1) is 5.41 Å². The number of benzene rings is 1. The van der Waals surface area contributed by atoms with Gasteiger partial charge in [-0.05, 0) is 38.0 Å². The van der Waals surface area contributed by atoms with Crippen molar-refractivity contribution in [3.05, 3.63) is 35.5 Å². The molecule has 8 heteroatoms. The molecule has 2 aromatic rings. The molecule has 29 heavy (non-hydrogen) atoms. The van der Waals surface area contributed by atoms with Crippen molar-refractivity contribution in [1.82, 2.24) is 9.88 Å². The molecule has 7 nitrogen and oxygen atoms in total. The van der Waals surface area contributed by atoms with E-state index < -0.39 is 5.41 Å². The fourth-order valence-corrected chi connectivity index (χ4v) is 3.97. The minimum Gasteiger partial charge on any atom is -0.469 e. The lowest BCUT2D eigenvalue weighted by molar-refractivity contribution is -0.151. The molecule has 1 N–H and O–H groups in total. The molecule has 0 radical (unpaired) electrons. The molecule has 1 saturated heterocycles. The number of rotatable bonds is 6. The Labute approximate surface area is 175 Å². The number of aryl methyl sites for hydroxylation is 1. The van der Waals surface area contributed by atoms with E-state index in [9.17, 15) is 9.59 Å². The Balaban J connectivity index is 1.57. The average molecular weight is 418 g/mol. The second-order valence-electron chi connectivity index (χ2n) is 7.60. The van der Waals surface area contributed by atoms with Gasteiger partial charge in [-0.2, -0.15) is 0 Å². The van der Waals surface area contributed by atoms with Gasteiger partial charge in [-0.3, -0.25) is 4.79 Å². The van der Waals surface area contributed by atoms with Gasteiger partial charge >= 0.3 is 12.0 Å². The summed E-state index contributed by atoms with van der Waals surface area (Å²) in [5.41, 5.74) is 1.28. The first-order valence-electron chi connectivity index (χ1n) is 9.66. The van der Waals surface area contributed by atoms with Crippen LogP contribution in [0.15, 0.2) is 30.5 Å². The molecular weight excluding hydrogens is 390 g/mol. The van der Waals surface area contributed by atoms with Crippen LogP contribution in [0.25, 0.3) is 10.4 Å². The number of ether oxygens (including phenoxy) is 2. The predicted molar refractivity (Wildman–Crippen MR) is 113 cm³/mol. The quantitative estimate of drug-likeness (QED) is 0.723. The number of thiazole rings is 1. The highest BCUT2D eigenvalue weighted by molar-refractivity contribution is 7.15. The summed E-state index contributed by atoms with van der Waals surface area (Å²) in [6, 6.07) is 7.64. The zero-order chi connectivity index (χ0) is 20.9. The highest BCUT2D eigenvalue weighted by atomic mass is 32.1. The minimum absolute atomic E-state index is 0.102. The number of carbonyl (C=O) groups is 2. The number of carbonyl (C=O) groups excluding carboxylic acids is 2. The monoisotopic (exact) mass is 417 g/mol. The summed E-state index contributed by atoms with van der Waals surface area (Å²) >= 11 is 1.62. The molecule has 2 heterocycles. The van der Waals surface area contributed by atoms with Gasteiger partial charge in [0.2, 0.25) is 0 Å². The number of urea groups is 1. The third kappa shape index (κ3) is 5.55. The Bertz CT molecular complexity index is 842. The number of methoxy groups -OCH3 is 1. The van der Waals surface area contributed by atoms with Crippen LogP contribution in [0.4, 0.5) is 10.5 Å². The molecule has 0 aliphatic carbocycles. The van der Waals surface area contributed by atoms with E-state index in [1.54, 1.807) is 16.2 Å². The summed E-state index contributed by atoms with van der Waals surface area (Å²) in [4.78, 5) is 31.4. The molecule has 0 unspecified atom stereocenters. The molecular formula is C21H27N3O4S. The lowest BCUT2D eigenvalue weighted by atomic mass is 9.88. The van der Waals surface area contributed by atoms with Crippen LogP contribution in [0.1, 0.15) is 25.3 Å². The first kappa shape index (κ1) is 21.3. The van der Waals surface area contributed by atoms with Crippen LogP contribution in [0.2, 0.25) is 0 Å². The Kier molecular flexibility index (Phi) is 6.87. The fourth-order valence-electron chi connectivity index (χ4n) is 3.04. The molecule has 2 amide bonds. The van der Waals surface area contributed by atoms with Crippen molar-refractivity contribution in [2.45, 2.75) is 26.7 Å². The molecule has 156 valence electrons. The summed E-state index contributed by atoms with van der Waals surface area (Å²) in [5, 5.41) is 3.91. The van der Waals surface area contributed by atoms with E-state index in [2.05, 4.69) is 10.3 Å². The van der Waals surface area contributed by atoms with Crippen molar-refractivity contribution < 1.29 is 19.1 Å². The fraction of sp³-hybridized carbons (Fsp3) is 0.476. The van der Waals surface area contributed by atoms with Gasteiger partial charge in [-0.1, -0.05) is 12.1 Å². The molecule has 1 aliphatic heterocycles. The minimum atomic E-state index is -0.527. The maximum Gasteiger partial charge on any atom is 0.321 e. The van der Waals surface area contributed by atoms with Crippen LogP contribution in [-0.2, 0) is 20.7 Å². The van der Waals surface area contributed by atoms with Crippen molar-refractivity contribution in [2.24, 2.45) is 5.41 Å². The van der Waals surface area contributed by atoms with Gasteiger partial charge in [-0.25, -0.2) is 9.78 Å². The molecule has 0 atom stereocenters. The molecule has 1 aromatic heterocycles. The third-order valence-corrected chi connectivity index (χ3v) is 6.08. The van der Waals surface area contributed by atoms with Crippen molar-refractivity contribution >= 4 is 29.0 Å². The smallest absolute Gasteiger partial charge is 0.321 e. The predicted octanol–water partition coefficient (Wildman–Crippen LogP) is 3.81. The zero-order valence-corrected chi connectivity index (χ0v) is 17.9. The maximum atomic E-state index is 12.3. The Morgan fingerprint density at radius 2 is 1.93 bits per heavy atom. The van der Waals surface area contributed by atoms with Crippen molar-refractivity contribution in [2.75, 3.05) is 38.7 Å². The normalized spacial score (nSPS) is 14.5. The largest absolute Gasteiger partial charge is 0.469 e. The van der Waals surface area contributed by atoms with E-state index in [4.69, 9.17) is 9.47 Å². The third-order valence-electron chi connectivity index (χ3n) is 4.97. The number of anilines is 1. The van der Waals surface area contributed by atoms with Crippen LogP contribution in [0.3, 0.4) is 0 Å². The molecule has 3 rings (SSSR count). The van der Waals surface area contributed by atoms with Gasteiger partial charge in [0.25, 0.3) is 0 Å². The van der Waals surface area contributed by atoms with Crippen LogP contribution >= 0.6 is 11.3 Å². The standard InChI is InChI=1S/C21H27N3O4S/c1-21(2,19(25)27-3)9-8-18-22-14-17(29-18)15-4-6-16(7-5-15)23-20(26)24-10-12-28-13-11-24/h4-7,14H,8-13H2,1-3H3,(H,23,26). The van der Waals surface area contributed by atoms with E-state index in [1.807, 2.05) is 44.3 Å². The first-order chi connectivity index (χ1) is 13.9. The number of morpholine rings is 1. The van der Waals surface area contributed by atoms with Crippen molar-refractivity contribution in [3.8, 4) is 10.4 Å². The molecule has 1 aliphatic rings. The van der Waals surface area contributed by atoms with Crippen LogP contribution < -0.4 is 5.32 Å². The maximum absolute atomic E-state index is 12.3. The summed E-state index contributed by atoms with van der Waals surface area (Å²) in [5.74, 6) is -0.205. The Morgan fingerprint density at radius 1 is 1.24 bits per heavy atom. The Hall–Kier alpha value is -2.45. The van der Waals surface area contributed by atoms with E-state index in [0.717, 1.165) is 27.6 Å². The SMILES string of the molecule is COC(=O)C(C)(C)CCc1ncc(-c2ccc(NC(=O)N3CCOCC3)cc2)s1. The molecule has 1 aromatic carbocycles. The number of hydrogen-bond acceptors (Lipinski definition) is 6. The number of esters is 1. The summed E-state index contributed by atoms with van der Waals surface area (Å²) in [6.07, 6.45) is 3.26. The number of nitrogens with zero attached hydrogens (tertiary/aromatic N) is 2. The lowest BCUT2D eigenvalue weighted by Gasteiger charge is -2.26. The number of hydrogen-bond donors (Lipinski definition) is 1. The van der Waals surface area contributed by atoms with Gasteiger partial charge < -0.3 is 19.7 Å². The van der Waals surface area contributed by atoms with Crippen molar-refractivity contribution in [1.29, 1.82) is 0 Å². The van der Waals surface area contributed by atoms with E-state index in [0.29, 0.717) is 32.7 Å². The van der Waals surface area contributed by atoms with E-state index >= 15 is 0 Å². The summed E-state index contributed by atoms with van der Waals surface area (Å²) < 4.78 is 10.1. The number of aromatic nitrogens is 1. The molecule has 0 bridgehead atoms. The average Bonchev–Trinajstić information content (AvgIpc) is 3.22. The second kappa shape index (κ2) is 9.37. The van der Waals surface area contributed by atoms with E-state index in [-0.39, 0.29) is 12.0 Å². The van der Waals surface area contributed by atoms with Crippen molar-refractivity contribution in [3.63, 3.8) is 0 Å². The molecule has 0 spiro atoms. The van der Waals surface area contributed by atoms with Gasteiger partial charge in [0.1, 0.15) is 0 Å². The molecule has 1 fully saturated rings. The van der Waals surface area contributed by atoms with Gasteiger partial charge in [0, 0.05) is 31.4 Å². The van der Waals surface area contributed by atoms with Crippen LogP contribution in [-0.4, -0.2) is 55.3 Å². The highest BCUT2D eigenvalue weighted by Crippen LogP contribution is 2.30.